The van der Waals surface area contributed by atoms with E-state index in [0.29, 0.717) is 11.1 Å². The van der Waals surface area contributed by atoms with Gasteiger partial charge in [0, 0.05) is 29.4 Å². The molecule has 3 rings (SSSR count). The Bertz CT molecular complexity index is 939. The normalized spacial score (nSPS) is 10.7. The molecule has 5 nitrogen and oxygen atoms in total. The number of carbonyl (C=O) groups excluding carboxylic acids is 1. The summed E-state index contributed by atoms with van der Waals surface area (Å²) in [4.78, 5) is 31.5. The number of benzene rings is 1. The summed E-state index contributed by atoms with van der Waals surface area (Å²) in [6.45, 7) is 3.89. The topological polar surface area (TPSA) is 74.8 Å². The molecule has 1 amide bonds. The SMILES string of the molecule is Cc1cc(C)c(CNC(=O)c2ccnc3ccccc23)c(=O)[nH]1. The lowest BCUT2D eigenvalue weighted by molar-refractivity contribution is 0.0952. The van der Waals surface area contributed by atoms with Crippen LogP contribution in [0.2, 0.25) is 0 Å². The second-order valence-corrected chi connectivity index (χ2v) is 5.50. The zero-order chi connectivity index (χ0) is 16.4. The third-order valence-corrected chi connectivity index (χ3v) is 3.81. The van der Waals surface area contributed by atoms with Gasteiger partial charge in [0.1, 0.15) is 0 Å². The van der Waals surface area contributed by atoms with Gasteiger partial charge in [-0.15, -0.1) is 0 Å². The first-order valence-electron chi connectivity index (χ1n) is 7.37. The number of pyridine rings is 2. The Morgan fingerprint density at radius 1 is 1.22 bits per heavy atom. The lowest BCUT2D eigenvalue weighted by Gasteiger charge is -2.09. The number of amides is 1. The summed E-state index contributed by atoms with van der Waals surface area (Å²) in [5.41, 5.74) is 3.40. The van der Waals surface area contributed by atoms with Crippen molar-refractivity contribution in [3.8, 4) is 0 Å². The molecular weight excluding hydrogens is 290 g/mol. The van der Waals surface area contributed by atoms with E-state index in [2.05, 4.69) is 15.3 Å². The summed E-state index contributed by atoms with van der Waals surface area (Å²) in [6.07, 6.45) is 1.61. The van der Waals surface area contributed by atoms with Crippen molar-refractivity contribution in [2.75, 3.05) is 0 Å². The van der Waals surface area contributed by atoms with Crippen LogP contribution >= 0.6 is 0 Å². The van der Waals surface area contributed by atoms with Gasteiger partial charge in [0.15, 0.2) is 0 Å². The molecule has 116 valence electrons. The molecule has 1 aromatic carbocycles. The average Bonchev–Trinajstić information content (AvgIpc) is 2.53. The minimum absolute atomic E-state index is 0.164. The fraction of sp³-hybridized carbons (Fsp3) is 0.167. The summed E-state index contributed by atoms with van der Waals surface area (Å²) in [6, 6.07) is 11.1. The number of aromatic amines is 1. The van der Waals surface area contributed by atoms with E-state index >= 15 is 0 Å². The molecule has 0 saturated heterocycles. The van der Waals surface area contributed by atoms with Crippen molar-refractivity contribution in [2.24, 2.45) is 0 Å². The van der Waals surface area contributed by atoms with Crippen molar-refractivity contribution in [2.45, 2.75) is 20.4 Å². The highest BCUT2D eigenvalue weighted by molar-refractivity contribution is 6.05. The molecule has 2 aromatic heterocycles. The number of H-pyrrole nitrogens is 1. The number of aromatic nitrogens is 2. The molecule has 0 unspecified atom stereocenters. The van der Waals surface area contributed by atoms with Crippen LogP contribution in [0.1, 0.15) is 27.2 Å². The van der Waals surface area contributed by atoms with Gasteiger partial charge in [0.25, 0.3) is 11.5 Å². The molecular formula is C18H17N3O2. The Morgan fingerprint density at radius 2 is 2.00 bits per heavy atom. The van der Waals surface area contributed by atoms with Crippen LogP contribution in [0, 0.1) is 13.8 Å². The first-order valence-corrected chi connectivity index (χ1v) is 7.37. The molecule has 0 aliphatic rings. The van der Waals surface area contributed by atoms with Crippen molar-refractivity contribution >= 4 is 16.8 Å². The Hall–Kier alpha value is -2.95. The van der Waals surface area contributed by atoms with Gasteiger partial charge in [0.2, 0.25) is 0 Å². The predicted molar refractivity (Wildman–Crippen MR) is 89.4 cm³/mol. The Labute approximate surface area is 133 Å². The van der Waals surface area contributed by atoms with Gasteiger partial charge in [-0.2, -0.15) is 0 Å². The number of aryl methyl sites for hydroxylation is 2. The quantitative estimate of drug-likeness (QED) is 0.780. The van der Waals surface area contributed by atoms with Crippen LogP contribution in [-0.2, 0) is 6.54 Å². The molecule has 23 heavy (non-hydrogen) atoms. The second-order valence-electron chi connectivity index (χ2n) is 5.50. The predicted octanol–water partition coefficient (Wildman–Crippen LogP) is 2.47. The first-order chi connectivity index (χ1) is 11.1. The number of hydrogen-bond donors (Lipinski definition) is 2. The van der Waals surface area contributed by atoms with Crippen LogP contribution < -0.4 is 10.9 Å². The van der Waals surface area contributed by atoms with E-state index < -0.39 is 0 Å². The number of carbonyl (C=O) groups is 1. The van der Waals surface area contributed by atoms with Gasteiger partial charge in [-0.25, -0.2) is 0 Å². The fourth-order valence-corrected chi connectivity index (χ4v) is 2.66. The lowest BCUT2D eigenvalue weighted by atomic mass is 10.1. The van der Waals surface area contributed by atoms with Crippen LogP contribution in [0.3, 0.4) is 0 Å². The zero-order valence-corrected chi connectivity index (χ0v) is 13.0. The first kappa shape index (κ1) is 15.0. The number of nitrogens with zero attached hydrogens (tertiary/aromatic N) is 1. The van der Waals surface area contributed by atoms with E-state index in [9.17, 15) is 9.59 Å². The standard InChI is InChI=1S/C18H17N3O2/c1-11-9-12(2)21-18(23)15(11)10-20-17(22)14-7-8-19-16-6-4-3-5-13(14)16/h3-9H,10H2,1-2H3,(H,20,22)(H,21,23). The summed E-state index contributed by atoms with van der Waals surface area (Å²) < 4.78 is 0. The van der Waals surface area contributed by atoms with Crippen molar-refractivity contribution in [3.63, 3.8) is 0 Å². The number of nitrogens with one attached hydrogen (secondary N) is 2. The highest BCUT2D eigenvalue weighted by atomic mass is 16.1. The summed E-state index contributed by atoms with van der Waals surface area (Å²) in [5.74, 6) is -0.219. The molecule has 0 spiro atoms. The van der Waals surface area contributed by atoms with E-state index in [0.717, 1.165) is 22.2 Å². The van der Waals surface area contributed by atoms with Gasteiger partial charge in [-0.3, -0.25) is 14.6 Å². The number of fused-ring (bicyclic) bond motifs is 1. The van der Waals surface area contributed by atoms with Crippen LogP contribution in [-0.4, -0.2) is 15.9 Å². The maximum atomic E-state index is 12.5. The maximum Gasteiger partial charge on any atom is 0.253 e. The fourth-order valence-electron chi connectivity index (χ4n) is 2.66. The number of rotatable bonds is 3. The molecule has 0 aliphatic heterocycles. The van der Waals surface area contributed by atoms with Crippen LogP contribution in [0.25, 0.3) is 10.9 Å². The van der Waals surface area contributed by atoms with Gasteiger partial charge in [-0.05, 0) is 37.6 Å². The summed E-state index contributed by atoms with van der Waals surface area (Å²) >= 11 is 0. The monoisotopic (exact) mass is 307 g/mol. The van der Waals surface area contributed by atoms with Crippen molar-refractivity contribution in [3.05, 3.63) is 75.3 Å². The Kier molecular flexibility index (Phi) is 3.93. The van der Waals surface area contributed by atoms with E-state index in [1.165, 1.54) is 0 Å². The summed E-state index contributed by atoms with van der Waals surface area (Å²) in [7, 11) is 0. The third-order valence-electron chi connectivity index (χ3n) is 3.81. The Balaban J connectivity index is 1.87. The van der Waals surface area contributed by atoms with Crippen molar-refractivity contribution < 1.29 is 4.79 Å². The molecule has 2 heterocycles. The van der Waals surface area contributed by atoms with Crippen LogP contribution in [0.4, 0.5) is 0 Å². The molecule has 2 N–H and O–H groups in total. The van der Waals surface area contributed by atoms with E-state index in [4.69, 9.17) is 0 Å². The maximum absolute atomic E-state index is 12.5. The number of para-hydroxylation sites is 1. The molecule has 3 aromatic rings. The Morgan fingerprint density at radius 3 is 2.78 bits per heavy atom. The van der Waals surface area contributed by atoms with Gasteiger partial charge >= 0.3 is 0 Å². The zero-order valence-electron chi connectivity index (χ0n) is 13.0. The van der Waals surface area contributed by atoms with Crippen LogP contribution in [0.5, 0.6) is 0 Å². The lowest BCUT2D eigenvalue weighted by Crippen LogP contribution is -2.28. The molecule has 5 heteroatoms. The largest absolute Gasteiger partial charge is 0.348 e. The van der Waals surface area contributed by atoms with Crippen molar-refractivity contribution in [1.29, 1.82) is 0 Å². The van der Waals surface area contributed by atoms with E-state index in [-0.39, 0.29) is 18.0 Å². The molecule has 0 fully saturated rings. The smallest absolute Gasteiger partial charge is 0.253 e. The molecule has 0 radical (unpaired) electrons. The molecule has 0 atom stereocenters. The third kappa shape index (κ3) is 2.99. The van der Waals surface area contributed by atoms with Crippen LogP contribution in [0.15, 0.2) is 47.4 Å². The van der Waals surface area contributed by atoms with E-state index in [1.807, 2.05) is 44.2 Å². The average molecular weight is 307 g/mol. The second kappa shape index (κ2) is 6.04. The van der Waals surface area contributed by atoms with Crippen molar-refractivity contribution in [1.82, 2.24) is 15.3 Å². The molecule has 0 bridgehead atoms. The highest BCUT2D eigenvalue weighted by Crippen LogP contribution is 2.16. The number of hydrogen-bond acceptors (Lipinski definition) is 3. The van der Waals surface area contributed by atoms with Gasteiger partial charge in [0.05, 0.1) is 11.1 Å². The minimum atomic E-state index is -0.219. The molecule has 0 saturated carbocycles. The van der Waals surface area contributed by atoms with Gasteiger partial charge < -0.3 is 10.3 Å². The highest BCUT2D eigenvalue weighted by Gasteiger charge is 2.12. The molecule has 0 aliphatic carbocycles. The minimum Gasteiger partial charge on any atom is -0.348 e. The van der Waals surface area contributed by atoms with E-state index in [1.54, 1.807) is 12.3 Å². The summed E-state index contributed by atoms with van der Waals surface area (Å²) in [5, 5.41) is 3.62. The van der Waals surface area contributed by atoms with Gasteiger partial charge in [-0.1, -0.05) is 18.2 Å².